The molecule has 1 aromatic carbocycles. The Morgan fingerprint density at radius 1 is 1.15 bits per heavy atom. The molecule has 1 aliphatic rings. The Hall–Kier alpha value is -1.22. The van der Waals surface area contributed by atoms with E-state index in [0.29, 0.717) is 0 Å². The molecule has 1 aromatic rings. The van der Waals surface area contributed by atoms with Gasteiger partial charge in [-0.05, 0) is 30.9 Å². The maximum Gasteiger partial charge on any atom is 0.127 e. The monoisotopic (exact) mass is 277 g/mol. The number of ether oxygens (including phenoxy) is 2. The second-order valence-corrected chi connectivity index (χ2v) is 5.83. The molecule has 0 saturated heterocycles. The summed E-state index contributed by atoms with van der Waals surface area (Å²) >= 11 is 0. The first-order chi connectivity index (χ1) is 9.74. The summed E-state index contributed by atoms with van der Waals surface area (Å²) in [5, 5.41) is 3.59. The fourth-order valence-corrected chi connectivity index (χ4v) is 3.09. The SMILES string of the molecule is COc1ccc(CNCC2CCCCC2C)c(OC)c1. The van der Waals surface area contributed by atoms with Crippen molar-refractivity contribution >= 4 is 0 Å². The van der Waals surface area contributed by atoms with Gasteiger partial charge in [0.2, 0.25) is 0 Å². The van der Waals surface area contributed by atoms with Gasteiger partial charge in [0.25, 0.3) is 0 Å². The summed E-state index contributed by atoms with van der Waals surface area (Å²) < 4.78 is 10.7. The van der Waals surface area contributed by atoms with E-state index in [1.165, 1.54) is 31.2 Å². The van der Waals surface area contributed by atoms with E-state index >= 15 is 0 Å². The molecule has 20 heavy (non-hydrogen) atoms. The van der Waals surface area contributed by atoms with E-state index in [-0.39, 0.29) is 0 Å². The minimum atomic E-state index is 0.827. The molecule has 112 valence electrons. The summed E-state index contributed by atoms with van der Waals surface area (Å²) in [6, 6.07) is 6.01. The quantitative estimate of drug-likeness (QED) is 0.861. The van der Waals surface area contributed by atoms with E-state index in [4.69, 9.17) is 9.47 Å². The maximum absolute atomic E-state index is 5.43. The molecule has 2 unspecified atom stereocenters. The van der Waals surface area contributed by atoms with Gasteiger partial charge in [-0.25, -0.2) is 0 Å². The highest BCUT2D eigenvalue weighted by Gasteiger charge is 2.20. The molecular weight excluding hydrogens is 250 g/mol. The minimum Gasteiger partial charge on any atom is -0.497 e. The highest BCUT2D eigenvalue weighted by atomic mass is 16.5. The van der Waals surface area contributed by atoms with E-state index in [1.54, 1.807) is 14.2 Å². The predicted octanol–water partition coefficient (Wildman–Crippen LogP) is 3.62. The third kappa shape index (κ3) is 3.89. The number of benzene rings is 1. The molecule has 1 N–H and O–H groups in total. The average molecular weight is 277 g/mol. The van der Waals surface area contributed by atoms with E-state index < -0.39 is 0 Å². The molecule has 0 aromatic heterocycles. The fourth-order valence-electron chi connectivity index (χ4n) is 3.09. The van der Waals surface area contributed by atoms with Gasteiger partial charge in [0, 0.05) is 18.2 Å². The lowest BCUT2D eigenvalue weighted by molar-refractivity contribution is 0.247. The van der Waals surface area contributed by atoms with E-state index in [0.717, 1.165) is 36.4 Å². The van der Waals surface area contributed by atoms with Crippen molar-refractivity contribution in [1.82, 2.24) is 5.32 Å². The molecule has 0 radical (unpaired) electrons. The Bertz CT molecular complexity index is 419. The Labute approximate surface area is 122 Å². The van der Waals surface area contributed by atoms with Crippen molar-refractivity contribution in [3.63, 3.8) is 0 Å². The van der Waals surface area contributed by atoms with E-state index in [9.17, 15) is 0 Å². The lowest BCUT2D eigenvalue weighted by Gasteiger charge is -2.29. The summed E-state index contributed by atoms with van der Waals surface area (Å²) in [5.74, 6) is 3.42. The molecular formula is C17H27NO2. The first-order valence-electron chi connectivity index (χ1n) is 7.66. The van der Waals surface area contributed by atoms with Crippen molar-refractivity contribution < 1.29 is 9.47 Å². The molecule has 0 bridgehead atoms. The van der Waals surface area contributed by atoms with E-state index in [1.807, 2.05) is 12.1 Å². The highest BCUT2D eigenvalue weighted by Crippen LogP contribution is 2.29. The van der Waals surface area contributed by atoms with Gasteiger partial charge < -0.3 is 14.8 Å². The molecule has 0 heterocycles. The largest absolute Gasteiger partial charge is 0.497 e. The van der Waals surface area contributed by atoms with Gasteiger partial charge in [0.15, 0.2) is 0 Å². The number of hydrogen-bond acceptors (Lipinski definition) is 3. The number of nitrogens with one attached hydrogen (secondary N) is 1. The van der Waals surface area contributed by atoms with Crippen LogP contribution < -0.4 is 14.8 Å². The first-order valence-corrected chi connectivity index (χ1v) is 7.66. The van der Waals surface area contributed by atoms with Crippen LogP contribution in [0.3, 0.4) is 0 Å². The van der Waals surface area contributed by atoms with Crippen molar-refractivity contribution in [3.05, 3.63) is 23.8 Å². The normalized spacial score (nSPS) is 22.6. The number of rotatable bonds is 6. The van der Waals surface area contributed by atoms with E-state index in [2.05, 4.69) is 18.3 Å². The maximum atomic E-state index is 5.43. The molecule has 3 nitrogen and oxygen atoms in total. The van der Waals surface area contributed by atoms with Gasteiger partial charge >= 0.3 is 0 Å². The van der Waals surface area contributed by atoms with Gasteiger partial charge in [0.1, 0.15) is 11.5 Å². The van der Waals surface area contributed by atoms with Crippen LogP contribution in [0, 0.1) is 11.8 Å². The topological polar surface area (TPSA) is 30.5 Å². The standard InChI is InChI=1S/C17H27NO2/c1-13-6-4-5-7-14(13)11-18-12-15-8-9-16(19-2)10-17(15)20-3/h8-10,13-14,18H,4-7,11-12H2,1-3H3. The molecule has 2 atom stereocenters. The van der Waals surface area contributed by atoms with Gasteiger partial charge in [0.05, 0.1) is 14.2 Å². The summed E-state index contributed by atoms with van der Waals surface area (Å²) in [7, 11) is 3.39. The van der Waals surface area contributed by atoms with Crippen LogP contribution in [0.2, 0.25) is 0 Å². The van der Waals surface area contributed by atoms with Crippen LogP contribution in [0.5, 0.6) is 11.5 Å². The van der Waals surface area contributed by atoms with Crippen molar-refractivity contribution in [2.24, 2.45) is 11.8 Å². The van der Waals surface area contributed by atoms with Gasteiger partial charge in [-0.3, -0.25) is 0 Å². The van der Waals surface area contributed by atoms with Crippen LogP contribution in [-0.2, 0) is 6.54 Å². The third-order valence-electron chi connectivity index (χ3n) is 4.51. The first kappa shape index (κ1) is 15.2. The Morgan fingerprint density at radius 2 is 1.95 bits per heavy atom. The second kappa shape index (κ2) is 7.53. The van der Waals surface area contributed by atoms with Gasteiger partial charge in [-0.2, -0.15) is 0 Å². The Morgan fingerprint density at radius 3 is 2.65 bits per heavy atom. The highest BCUT2D eigenvalue weighted by molar-refractivity contribution is 5.40. The van der Waals surface area contributed by atoms with Crippen molar-refractivity contribution in [2.45, 2.75) is 39.2 Å². The smallest absolute Gasteiger partial charge is 0.127 e. The molecule has 2 rings (SSSR count). The Kier molecular flexibility index (Phi) is 5.72. The van der Waals surface area contributed by atoms with Gasteiger partial charge in [-0.15, -0.1) is 0 Å². The molecule has 1 fully saturated rings. The van der Waals surface area contributed by atoms with Crippen molar-refractivity contribution in [3.8, 4) is 11.5 Å². The molecule has 0 aliphatic heterocycles. The summed E-state index contributed by atoms with van der Waals surface area (Å²) in [4.78, 5) is 0. The van der Waals surface area contributed by atoms with Crippen LogP contribution in [0.1, 0.15) is 38.2 Å². The zero-order chi connectivity index (χ0) is 14.4. The van der Waals surface area contributed by atoms with Crippen LogP contribution >= 0.6 is 0 Å². The van der Waals surface area contributed by atoms with Crippen LogP contribution in [0.4, 0.5) is 0 Å². The summed E-state index contributed by atoms with van der Waals surface area (Å²) in [6.45, 7) is 4.35. The number of methoxy groups -OCH3 is 2. The zero-order valence-electron chi connectivity index (χ0n) is 12.9. The lowest BCUT2D eigenvalue weighted by atomic mass is 9.80. The lowest BCUT2D eigenvalue weighted by Crippen LogP contribution is -2.29. The average Bonchev–Trinajstić information content (AvgIpc) is 2.49. The van der Waals surface area contributed by atoms with Crippen LogP contribution in [-0.4, -0.2) is 20.8 Å². The van der Waals surface area contributed by atoms with Crippen molar-refractivity contribution in [2.75, 3.05) is 20.8 Å². The van der Waals surface area contributed by atoms with Crippen LogP contribution in [0.15, 0.2) is 18.2 Å². The third-order valence-corrected chi connectivity index (χ3v) is 4.51. The molecule has 0 amide bonds. The predicted molar refractivity (Wildman–Crippen MR) is 82.4 cm³/mol. The summed E-state index contributed by atoms with van der Waals surface area (Å²) in [6.07, 6.45) is 5.55. The van der Waals surface area contributed by atoms with Gasteiger partial charge in [-0.1, -0.05) is 32.3 Å². The molecule has 1 saturated carbocycles. The molecule has 0 spiro atoms. The zero-order valence-corrected chi connectivity index (χ0v) is 12.9. The number of hydrogen-bond donors (Lipinski definition) is 1. The minimum absolute atomic E-state index is 0.827. The molecule has 3 heteroatoms. The van der Waals surface area contributed by atoms with Crippen molar-refractivity contribution in [1.29, 1.82) is 0 Å². The Balaban J connectivity index is 1.87. The second-order valence-electron chi connectivity index (χ2n) is 5.83. The molecule has 1 aliphatic carbocycles. The summed E-state index contributed by atoms with van der Waals surface area (Å²) in [5.41, 5.74) is 1.19. The fraction of sp³-hybridized carbons (Fsp3) is 0.647. The van der Waals surface area contributed by atoms with Crippen LogP contribution in [0.25, 0.3) is 0 Å².